The van der Waals surface area contributed by atoms with Gasteiger partial charge in [-0.1, -0.05) is 36.4 Å². The second-order valence-corrected chi connectivity index (χ2v) is 14.5. The number of fused-ring (bicyclic) bond motifs is 8. The molecule has 0 aliphatic heterocycles. The molecule has 4 aromatic heterocycles. The maximum Gasteiger partial charge on any atom is 0.197 e. The summed E-state index contributed by atoms with van der Waals surface area (Å²) in [7, 11) is 0. The first-order valence-corrected chi connectivity index (χ1v) is 18.3. The van der Waals surface area contributed by atoms with Crippen LogP contribution in [0.3, 0.4) is 0 Å². The van der Waals surface area contributed by atoms with Gasteiger partial charge in [-0.3, -0.25) is 19.2 Å². The molecule has 0 spiro atoms. The van der Waals surface area contributed by atoms with Crippen molar-refractivity contribution < 1.29 is 0 Å². The first-order chi connectivity index (χ1) is 28.3. The third-order valence-corrected chi connectivity index (χ3v) is 11.4. The van der Waals surface area contributed by atoms with Gasteiger partial charge in [-0.2, -0.15) is 15.8 Å². The summed E-state index contributed by atoms with van der Waals surface area (Å²) in [5.74, 6) is 0. The standard InChI is InChI=1S/C49H21N5O4/c50-22-25-9-11-28(12-10-25)30-16-36-44-38(17-30)48(57)34-20-35-43(21-42(34)53(44)40-7-3-1-5-32(40)46(36)55)54-41-8-4-2-6-33(41)47(56)37-18-31(19-39(45(37)54)49(35)58)29-14-26(23-51)13-27(15-29)24-52/h1-21H. The van der Waals surface area contributed by atoms with Gasteiger partial charge in [-0.15, -0.1) is 0 Å². The van der Waals surface area contributed by atoms with Crippen LogP contribution in [0.4, 0.5) is 0 Å². The Kier molecular flexibility index (Phi) is 6.57. The number of hydrogen-bond donors (Lipinski definition) is 0. The molecule has 11 rings (SSSR count). The number of benzene rings is 7. The molecule has 0 atom stereocenters. The topological polar surface area (TPSA) is 148 Å². The first-order valence-electron chi connectivity index (χ1n) is 18.3. The minimum atomic E-state index is -0.406. The molecular weight excluding hydrogens is 723 g/mol. The van der Waals surface area contributed by atoms with E-state index in [1.165, 1.54) is 6.07 Å². The summed E-state index contributed by atoms with van der Waals surface area (Å²) in [4.78, 5) is 58.5. The van der Waals surface area contributed by atoms with E-state index in [2.05, 4.69) is 18.2 Å². The van der Waals surface area contributed by atoms with Crippen LogP contribution in [-0.2, 0) is 0 Å². The molecule has 4 heterocycles. The minimum Gasteiger partial charge on any atom is -0.307 e. The van der Waals surface area contributed by atoms with Gasteiger partial charge in [-0.25, -0.2) is 0 Å². The van der Waals surface area contributed by atoms with E-state index in [1.54, 1.807) is 97.1 Å². The van der Waals surface area contributed by atoms with Crippen LogP contribution in [0.15, 0.2) is 147 Å². The second-order valence-electron chi connectivity index (χ2n) is 14.5. The van der Waals surface area contributed by atoms with E-state index in [1.807, 2.05) is 33.1 Å². The van der Waals surface area contributed by atoms with Crippen LogP contribution in [0.5, 0.6) is 0 Å². The van der Waals surface area contributed by atoms with Crippen molar-refractivity contribution in [1.29, 1.82) is 15.8 Å². The van der Waals surface area contributed by atoms with Crippen molar-refractivity contribution in [3.05, 3.63) is 185 Å². The first kappa shape index (κ1) is 32.7. The summed E-state index contributed by atoms with van der Waals surface area (Å²) in [6.45, 7) is 0. The highest BCUT2D eigenvalue weighted by Crippen LogP contribution is 2.36. The van der Waals surface area contributed by atoms with Gasteiger partial charge in [-0.05, 0) is 113 Å². The summed E-state index contributed by atoms with van der Waals surface area (Å²) in [5.41, 5.74) is 4.94. The number of aromatic nitrogens is 2. The normalized spacial score (nSPS) is 11.7. The number of nitriles is 3. The van der Waals surface area contributed by atoms with Crippen LogP contribution in [0.2, 0.25) is 0 Å². The predicted molar refractivity (Wildman–Crippen MR) is 226 cm³/mol. The van der Waals surface area contributed by atoms with Crippen molar-refractivity contribution in [3.63, 3.8) is 0 Å². The van der Waals surface area contributed by atoms with Crippen LogP contribution < -0.4 is 21.7 Å². The quantitative estimate of drug-likeness (QED) is 0.128. The molecule has 0 aliphatic carbocycles. The Morgan fingerprint density at radius 2 is 0.724 bits per heavy atom. The molecular formula is C49H21N5O4. The highest BCUT2D eigenvalue weighted by atomic mass is 16.1. The molecule has 0 aliphatic rings. The van der Waals surface area contributed by atoms with E-state index >= 15 is 0 Å². The molecule has 9 heteroatoms. The van der Waals surface area contributed by atoms with Crippen LogP contribution in [-0.4, -0.2) is 8.80 Å². The molecule has 58 heavy (non-hydrogen) atoms. The molecule has 0 saturated heterocycles. The Bertz CT molecular complexity index is 4060. The summed E-state index contributed by atoms with van der Waals surface area (Å²) < 4.78 is 3.81. The Labute approximate surface area is 325 Å². The van der Waals surface area contributed by atoms with Gasteiger partial charge >= 0.3 is 0 Å². The minimum absolute atomic E-state index is 0.228. The molecule has 11 aromatic rings. The second kappa shape index (κ2) is 11.6. The lowest BCUT2D eigenvalue weighted by atomic mass is 9.94. The lowest BCUT2D eigenvalue weighted by molar-refractivity contribution is 1.28. The van der Waals surface area contributed by atoms with Gasteiger partial charge in [0.1, 0.15) is 0 Å². The lowest BCUT2D eigenvalue weighted by Gasteiger charge is -2.19. The molecule has 0 N–H and O–H groups in total. The molecule has 0 saturated carbocycles. The van der Waals surface area contributed by atoms with Crippen molar-refractivity contribution in [3.8, 4) is 40.5 Å². The van der Waals surface area contributed by atoms with E-state index in [-0.39, 0.29) is 49.0 Å². The highest BCUT2D eigenvalue weighted by Gasteiger charge is 2.23. The highest BCUT2D eigenvalue weighted by molar-refractivity contribution is 6.14. The van der Waals surface area contributed by atoms with Crippen molar-refractivity contribution in [2.45, 2.75) is 0 Å². The maximum absolute atomic E-state index is 14.9. The van der Waals surface area contributed by atoms with Crippen molar-refractivity contribution in [1.82, 2.24) is 8.80 Å². The van der Waals surface area contributed by atoms with Crippen LogP contribution >= 0.6 is 0 Å². The monoisotopic (exact) mass is 743 g/mol. The average molecular weight is 744 g/mol. The molecule has 7 aromatic carbocycles. The number of para-hydroxylation sites is 2. The Hall–Kier alpha value is -8.71. The smallest absolute Gasteiger partial charge is 0.197 e. The number of pyridine rings is 4. The van der Waals surface area contributed by atoms with Gasteiger partial charge in [0.2, 0.25) is 0 Å². The summed E-state index contributed by atoms with van der Waals surface area (Å²) in [6, 6.07) is 42.6. The fraction of sp³-hybridized carbons (Fsp3) is 0. The molecule has 266 valence electrons. The van der Waals surface area contributed by atoms with Crippen LogP contribution in [0.25, 0.3) is 98.4 Å². The Morgan fingerprint density at radius 3 is 1.17 bits per heavy atom. The third kappa shape index (κ3) is 4.31. The van der Waals surface area contributed by atoms with E-state index in [0.29, 0.717) is 76.9 Å². The molecule has 0 amide bonds. The maximum atomic E-state index is 14.9. The van der Waals surface area contributed by atoms with Crippen LogP contribution in [0.1, 0.15) is 16.7 Å². The van der Waals surface area contributed by atoms with E-state index in [0.717, 1.165) is 5.56 Å². The largest absolute Gasteiger partial charge is 0.307 e. The molecule has 0 unspecified atom stereocenters. The number of rotatable bonds is 2. The molecule has 0 radical (unpaired) electrons. The number of nitrogens with zero attached hydrogens (tertiary/aromatic N) is 5. The van der Waals surface area contributed by atoms with Gasteiger partial charge in [0.15, 0.2) is 21.7 Å². The lowest BCUT2D eigenvalue weighted by Crippen LogP contribution is -2.17. The zero-order valence-electron chi connectivity index (χ0n) is 30.0. The average Bonchev–Trinajstić information content (AvgIpc) is 3.27. The number of hydrogen-bond acceptors (Lipinski definition) is 7. The Balaban J connectivity index is 1.36. The van der Waals surface area contributed by atoms with Crippen LogP contribution in [0, 0.1) is 34.0 Å². The van der Waals surface area contributed by atoms with Crippen molar-refractivity contribution in [2.75, 3.05) is 0 Å². The summed E-state index contributed by atoms with van der Waals surface area (Å²) in [6.07, 6.45) is 0. The molecule has 0 bridgehead atoms. The Morgan fingerprint density at radius 1 is 0.328 bits per heavy atom. The molecule has 0 fully saturated rings. The predicted octanol–water partition coefficient (Wildman–Crippen LogP) is 8.38. The van der Waals surface area contributed by atoms with Gasteiger partial charge in [0.05, 0.1) is 68.0 Å². The van der Waals surface area contributed by atoms with E-state index < -0.39 is 5.43 Å². The van der Waals surface area contributed by atoms with Gasteiger partial charge < -0.3 is 8.80 Å². The van der Waals surface area contributed by atoms with Crippen molar-refractivity contribution >= 4 is 76.2 Å². The zero-order chi connectivity index (χ0) is 39.6. The van der Waals surface area contributed by atoms with Gasteiger partial charge in [0.25, 0.3) is 0 Å². The SMILES string of the molecule is N#Cc1ccc(-c2cc3c(=O)c4ccccc4n4c5cc6c(cc5c(=O)c(c2)c34)c(=O)c2cc(-c3cc(C#N)cc(C#N)c3)cc3c(=O)c4ccccc4n6c32)cc1. The fourth-order valence-corrected chi connectivity index (χ4v) is 8.79. The summed E-state index contributed by atoms with van der Waals surface area (Å²) >= 11 is 0. The van der Waals surface area contributed by atoms with E-state index in [9.17, 15) is 35.0 Å². The van der Waals surface area contributed by atoms with E-state index in [4.69, 9.17) is 0 Å². The summed E-state index contributed by atoms with van der Waals surface area (Å²) in [5, 5.41) is 31.3. The third-order valence-electron chi connectivity index (χ3n) is 11.4. The zero-order valence-corrected chi connectivity index (χ0v) is 30.0. The molecule has 9 nitrogen and oxygen atoms in total. The van der Waals surface area contributed by atoms with Crippen molar-refractivity contribution in [2.24, 2.45) is 0 Å². The fourth-order valence-electron chi connectivity index (χ4n) is 8.79. The van der Waals surface area contributed by atoms with Gasteiger partial charge in [0, 0.05) is 43.1 Å².